The van der Waals surface area contributed by atoms with E-state index in [1.54, 1.807) is 25.3 Å². The monoisotopic (exact) mass is 435 g/mol. The maximum Gasteiger partial charge on any atom is 0.263 e. The largest absolute Gasteiger partial charge is 0.497 e. The van der Waals surface area contributed by atoms with E-state index in [9.17, 15) is 9.59 Å². The van der Waals surface area contributed by atoms with Gasteiger partial charge in [0.2, 0.25) is 5.91 Å². The van der Waals surface area contributed by atoms with Crippen molar-refractivity contribution in [3.05, 3.63) is 70.1 Å². The summed E-state index contributed by atoms with van der Waals surface area (Å²) in [6, 6.07) is 14.8. The number of anilines is 1. The Morgan fingerprint density at radius 2 is 1.90 bits per heavy atom. The molecule has 0 saturated heterocycles. The molecule has 1 N–H and O–H groups in total. The Labute approximate surface area is 182 Å². The molecule has 0 unspecified atom stereocenters. The van der Waals surface area contributed by atoms with Gasteiger partial charge >= 0.3 is 0 Å². The minimum absolute atomic E-state index is 0.175. The Morgan fingerprint density at radius 3 is 2.61 bits per heavy atom. The molecule has 0 atom stereocenters. The quantitative estimate of drug-likeness (QED) is 0.493. The Hall–Kier alpha value is -3.65. The number of methoxy groups -OCH3 is 2. The average molecular weight is 436 g/mol. The van der Waals surface area contributed by atoms with Crippen LogP contribution in [0.2, 0.25) is 0 Å². The third kappa shape index (κ3) is 4.02. The van der Waals surface area contributed by atoms with E-state index >= 15 is 0 Å². The van der Waals surface area contributed by atoms with Crippen LogP contribution in [-0.2, 0) is 11.3 Å². The Balaban J connectivity index is 1.68. The minimum atomic E-state index is -0.372. The number of ether oxygens (including phenoxy) is 2. The summed E-state index contributed by atoms with van der Waals surface area (Å²) in [5, 5.41) is 3.31. The van der Waals surface area contributed by atoms with Crippen LogP contribution in [0.15, 0.2) is 59.7 Å². The van der Waals surface area contributed by atoms with Crippen LogP contribution in [-0.4, -0.2) is 29.7 Å². The van der Waals surface area contributed by atoms with Gasteiger partial charge in [-0.25, -0.2) is 4.98 Å². The van der Waals surface area contributed by atoms with Gasteiger partial charge in [-0.15, -0.1) is 11.3 Å². The van der Waals surface area contributed by atoms with Gasteiger partial charge in [0.25, 0.3) is 5.56 Å². The lowest BCUT2D eigenvalue weighted by Crippen LogP contribution is -2.28. The van der Waals surface area contributed by atoms with Crippen molar-refractivity contribution in [2.45, 2.75) is 13.5 Å². The highest BCUT2D eigenvalue weighted by atomic mass is 32.1. The van der Waals surface area contributed by atoms with Crippen LogP contribution in [0.25, 0.3) is 21.3 Å². The highest BCUT2D eigenvalue weighted by Gasteiger charge is 2.18. The molecule has 7 nitrogen and oxygen atoms in total. The molecule has 2 aromatic heterocycles. The molecule has 0 aliphatic rings. The number of rotatable bonds is 6. The lowest BCUT2D eigenvalue weighted by Gasteiger charge is -2.12. The zero-order valence-electron chi connectivity index (χ0n) is 17.3. The number of nitrogens with one attached hydrogen (secondary N) is 1. The molecule has 1 amide bonds. The smallest absolute Gasteiger partial charge is 0.263 e. The topological polar surface area (TPSA) is 82.4 Å². The Kier molecular flexibility index (Phi) is 5.73. The first-order valence-corrected chi connectivity index (χ1v) is 10.4. The van der Waals surface area contributed by atoms with Crippen LogP contribution in [0.1, 0.15) is 4.88 Å². The van der Waals surface area contributed by atoms with E-state index in [0.717, 1.165) is 16.0 Å². The number of benzene rings is 2. The third-order valence-electron chi connectivity index (χ3n) is 4.91. The van der Waals surface area contributed by atoms with Crippen LogP contribution < -0.4 is 20.3 Å². The van der Waals surface area contributed by atoms with Crippen molar-refractivity contribution in [3.8, 4) is 22.6 Å². The van der Waals surface area contributed by atoms with E-state index in [-0.39, 0.29) is 18.0 Å². The van der Waals surface area contributed by atoms with Crippen LogP contribution in [0.4, 0.5) is 5.69 Å². The summed E-state index contributed by atoms with van der Waals surface area (Å²) in [6.07, 6.45) is 1.41. The van der Waals surface area contributed by atoms with E-state index in [2.05, 4.69) is 10.3 Å². The fourth-order valence-corrected chi connectivity index (χ4v) is 4.46. The first-order chi connectivity index (χ1) is 15.0. The summed E-state index contributed by atoms with van der Waals surface area (Å²) >= 11 is 1.47. The molecule has 0 aliphatic heterocycles. The molecular formula is C23H21N3O4S. The highest BCUT2D eigenvalue weighted by Crippen LogP contribution is 2.35. The molecular weight excluding hydrogens is 414 g/mol. The second-order valence-corrected chi connectivity index (χ2v) is 8.07. The van der Waals surface area contributed by atoms with Gasteiger partial charge in [-0.2, -0.15) is 0 Å². The molecule has 158 valence electrons. The van der Waals surface area contributed by atoms with Gasteiger partial charge in [0, 0.05) is 16.5 Å². The van der Waals surface area contributed by atoms with Crippen LogP contribution in [0.3, 0.4) is 0 Å². The lowest BCUT2D eigenvalue weighted by atomic mass is 10.0. The maximum absolute atomic E-state index is 13.3. The predicted octanol–water partition coefficient (Wildman–Crippen LogP) is 4.09. The number of nitrogens with zero attached hydrogens (tertiary/aromatic N) is 2. The number of thiophene rings is 1. The van der Waals surface area contributed by atoms with E-state index < -0.39 is 0 Å². The summed E-state index contributed by atoms with van der Waals surface area (Å²) in [5.41, 5.74) is 2.03. The van der Waals surface area contributed by atoms with Crippen molar-refractivity contribution in [1.29, 1.82) is 0 Å². The number of hydrogen-bond donors (Lipinski definition) is 1. The van der Waals surface area contributed by atoms with Gasteiger partial charge in [-0.1, -0.05) is 30.3 Å². The molecule has 2 heterocycles. The number of fused-ring (bicyclic) bond motifs is 1. The van der Waals surface area contributed by atoms with Crippen LogP contribution >= 0.6 is 11.3 Å². The summed E-state index contributed by atoms with van der Waals surface area (Å²) in [6.45, 7) is 1.80. The van der Waals surface area contributed by atoms with Gasteiger partial charge < -0.3 is 14.8 Å². The molecule has 0 saturated carbocycles. The summed E-state index contributed by atoms with van der Waals surface area (Å²) in [5.74, 6) is 0.704. The number of carbonyl (C=O) groups is 1. The molecule has 0 spiro atoms. The van der Waals surface area contributed by atoms with Crippen LogP contribution in [0, 0.1) is 6.92 Å². The fourth-order valence-electron chi connectivity index (χ4n) is 3.46. The summed E-state index contributed by atoms with van der Waals surface area (Å²) in [4.78, 5) is 32.1. The molecule has 0 bridgehead atoms. The van der Waals surface area contributed by atoms with Gasteiger partial charge in [-0.3, -0.25) is 14.2 Å². The van der Waals surface area contributed by atoms with Gasteiger partial charge in [-0.05, 0) is 24.6 Å². The molecule has 8 heteroatoms. The Morgan fingerprint density at radius 1 is 1.13 bits per heavy atom. The molecule has 4 rings (SSSR count). The number of carbonyl (C=O) groups excluding carboxylic acids is 1. The molecule has 31 heavy (non-hydrogen) atoms. The van der Waals surface area contributed by atoms with E-state index in [0.29, 0.717) is 27.4 Å². The summed E-state index contributed by atoms with van der Waals surface area (Å²) in [7, 11) is 3.06. The molecule has 0 radical (unpaired) electrons. The van der Waals surface area contributed by atoms with Gasteiger partial charge in [0.15, 0.2) is 0 Å². The van der Waals surface area contributed by atoms with Crippen molar-refractivity contribution >= 4 is 33.1 Å². The lowest BCUT2D eigenvalue weighted by molar-refractivity contribution is -0.116. The molecule has 2 aromatic carbocycles. The highest BCUT2D eigenvalue weighted by molar-refractivity contribution is 7.19. The number of aromatic nitrogens is 2. The van der Waals surface area contributed by atoms with Crippen molar-refractivity contribution in [3.63, 3.8) is 0 Å². The average Bonchev–Trinajstić information content (AvgIpc) is 3.13. The zero-order valence-corrected chi connectivity index (χ0v) is 18.2. The maximum atomic E-state index is 13.3. The SMILES string of the molecule is COc1ccc(OC)c(NC(=O)Cn2cnc3sc(C)c(-c4ccccc4)c3c2=O)c1. The third-order valence-corrected chi connectivity index (χ3v) is 5.93. The number of hydrogen-bond acceptors (Lipinski definition) is 6. The van der Waals surface area contributed by atoms with E-state index in [1.807, 2.05) is 37.3 Å². The minimum Gasteiger partial charge on any atom is -0.497 e. The first-order valence-electron chi connectivity index (χ1n) is 9.57. The second-order valence-electron chi connectivity index (χ2n) is 6.87. The molecule has 4 aromatic rings. The van der Waals surface area contributed by atoms with Crippen molar-refractivity contribution in [1.82, 2.24) is 9.55 Å². The predicted molar refractivity (Wildman–Crippen MR) is 122 cm³/mol. The van der Waals surface area contributed by atoms with Crippen molar-refractivity contribution < 1.29 is 14.3 Å². The van der Waals surface area contributed by atoms with Crippen LogP contribution in [0.5, 0.6) is 11.5 Å². The number of aryl methyl sites for hydroxylation is 1. The summed E-state index contributed by atoms with van der Waals surface area (Å²) < 4.78 is 11.8. The number of amides is 1. The zero-order chi connectivity index (χ0) is 22.0. The fraction of sp³-hybridized carbons (Fsp3) is 0.174. The van der Waals surface area contributed by atoms with Crippen molar-refractivity contribution in [2.75, 3.05) is 19.5 Å². The van der Waals surface area contributed by atoms with Gasteiger partial charge in [0.05, 0.1) is 31.6 Å². The van der Waals surface area contributed by atoms with E-state index in [1.165, 1.54) is 29.3 Å². The molecule has 0 fully saturated rings. The van der Waals surface area contributed by atoms with Crippen molar-refractivity contribution in [2.24, 2.45) is 0 Å². The molecule has 0 aliphatic carbocycles. The normalized spacial score (nSPS) is 10.8. The van der Waals surface area contributed by atoms with E-state index in [4.69, 9.17) is 9.47 Å². The first kappa shape index (κ1) is 20.6. The second kappa shape index (κ2) is 8.61. The standard InChI is InChI=1S/C23H21N3O4S/c1-14-20(15-7-5-4-6-8-15)21-22(31-14)24-13-26(23(21)28)12-19(27)25-17-11-16(29-2)9-10-18(17)30-3/h4-11,13H,12H2,1-3H3,(H,25,27). The van der Waals surface area contributed by atoms with Gasteiger partial charge in [0.1, 0.15) is 22.9 Å². The Bertz CT molecular complexity index is 1310.